The van der Waals surface area contributed by atoms with Crippen molar-refractivity contribution < 1.29 is 9.47 Å². The molecule has 2 aromatic carbocycles. The van der Waals surface area contributed by atoms with Crippen LogP contribution in [0.25, 0.3) is 22.3 Å². The van der Waals surface area contributed by atoms with Gasteiger partial charge in [-0.2, -0.15) is 5.10 Å². The van der Waals surface area contributed by atoms with Crippen LogP contribution in [0.2, 0.25) is 0 Å². The van der Waals surface area contributed by atoms with Gasteiger partial charge in [-0.05, 0) is 44.2 Å². The predicted octanol–water partition coefficient (Wildman–Crippen LogP) is 5.30. The van der Waals surface area contributed by atoms with E-state index in [0.29, 0.717) is 0 Å². The van der Waals surface area contributed by atoms with Gasteiger partial charge in [0.15, 0.2) is 0 Å². The van der Waals surface area contributed by atoms with E-state index >= 15 is 0 Å². The minimum absolute atomic E-state index is 0.738. The van der Waals surface area contributed by atoms with Crippen LogP contribution in [0.15, 0.2) is 67.1 Å². The van der Waals surface area contributed by atoms with Gasteiger partial charge in [0.05, 0.1) is 43.3 Å². The first-order chi connectivity index (χ1) is 17.4. The fraction of sp³-hybridized carbons (Fsp3) is 0.250. The molecule has 0 amide bonds. The summed E-state index contributed by atoms with van der Waals surface area (Å²) in [5.41, 5.74) is 7.85. The molecule has 5 aromatic rings. The van der Waals surface area contributed by atoms with Crippen LogP contribution in [-0.2, 0) is 13.6 Å². The number of fused-ring (bicyclic) bond motifs is 1. The third-order valence-electron chi connectivity index (χ3n) is 6.45. The molecule has 0 aliphatic rings. The summed E-state index contributed by atoms with van der Waals surface area (Å²) >= 11 is 0. The van der Waals surface area contributed by atoms with Crippen LogP contribution in [0.4, 0.5) is 11.4 Å². The summed E-state index contributed by atoms with van der Waals surface area (Å²) < 4.78 is 15.2. The lowest BCUT2D eigenvalue weighted by Gasteiger charge is -2.27. The Balaban J connectivity index is 1.58. The first kappa shape index (κ1) is 23.4. The highest BCUT2D eigenvalue weighted by atomic mass is 16.5. The smallest absolute Gasteiger partial charge is 0.124 e. The molecule has 0 aliphatic carbocycles. The molecule has 0 fully saturated rings. The summed E-state index contributed by atoms with van der Waals surface area (Å²) in [6.07, 6.45) is 5.54. The molecule has 0 unspecified atom stereocenters. The molecule has 184 valence electrons. The van der Waals surface area contributed by atoms with Gasteiger partial charge >= 0.3 is 0 Å². The number of methoxy groups -OCH3 is 2. The molecule has 0 aliphatic heterocycles. The third-order valence-corrected chi connectivity index (χ3v) is 6.45. The number of rotatable bonds is 8. The van der Waals surface area contributed by atoms with Gasteiger partial charge in [-0.3, -0.25) is 9.67 Å². The van der Waals surface area contributed by atoms with E-state index in [4.69, 9.17) is 14.5 Å². The zero-order valence-electron chi connectivity index (χ0n) is 21.3. The molecule has 3 heterocycles. The van der Waals surface area contributed by atoms with Crippen molar-refractivity contribution in [3.63, 3.8) is 0 Å². The van der Waals surface area contributed by atoms with Crippen LogP contribution in [0, 0.1) is 13.8 Å². The summed E-state index contributed by atoms with van der Waals surface area (Å²) in [5.74, 6) is 1.48. The second-order valence-electron chi connectivity index (χ2n) is 8.82. The SMILES string of the molecule is COc1cc(OC)cc(N(CCn2c(C)ccc2C)c2ccc3ncc(-c4cnn(C)c4)nc3c2)c1. The van der Waals surface area contributed by atoms with Gasteiger partial charge in [-0.25, -0.2) is 4.98 Å². The van der Waals surface area contributed by atoms with Gasteiger partial charge < -0.3 is 18.9 Å². The van der Waals surface area contributed by atoms with Crippen molar-refractivity contribution in [1.29, 1.82) is 0 Å². The Morgan fingerprint density at radius 1 is 0.833 bits per heavy atom. The average molecular weight is 483 g/mol. The van der Waals surface area contributed by atoms with Crippen LogP contribution in [0.3, 0.4) is 0 Å². The van der Waals surface area contributed by atoms with E-state index in [1.165, 1.54) is 11.4 Å². The Kier molecular flexibility index (Phi) is 6.33. The predicted molar refractivity (Wildman–Crippen MR) is 142 cm³/mol. The number of nitrogens with zero attached hydrogens (tertiary/aromatic N) is 6. The Morgan fingerprint density at radius 2 is 1.56 bits per heavy atom. The van der Waals surface area contributed by atoms with E-state index in [0.717, 1.165) is 58.3 Å². The third kappa shape index (κ3) is 4.62. The normalized spacial score (nSPS) is 11.1. The number of hydrogen-bond acceptors (Lipinski definition) is 6. The molecule has 3 aromatic heterocycles. The molecule has 5 rings (SSSR count). The fourth-order valence-corrected chi connectivity index (χ4v) is 4.47. The van der Waals surface area contributed by atoms with Gasteiger partial charge in [0, 0.05) is 72.9 Å². The van der Waals surface area contributed by atoms with E-state index < -0.39 is 0 Å². The van der Waals surface area contributed by atoms with E-state index in [-0.39, 0.29) is 0 Å². The van der Waals surface area contributed by atoms with Crippen LogP contribution in [0.1, 0.15) is 11.4 Å². The summed E-state index contributed by atoms with van der Waals surface area (Å²) in [6, 6.07) is 16.4. The number of aryl methyl sites for hydroxylation is 3. The highest BCUT2D eigenvalue weighted by Gasteiger charge is 2.15. The Hall–Kier alpha value is -4.33. The minimum Gasteiger partial charge on any atom is -0.497 e. The van der Waals surface area contributed by atoms with Gasteiger partial charge in [0.1, 0.15) is 11.5 Å². The van der Waals surface area contributed by atoms with Gasteiger partial charge in [0.25, 0.3) is 0 Å². The summed E-state index contributed by atoms with van der Waals surface area (Å²) in [4.78, 5) is 11.8. The van der Waals surface area contributed by atoms with Crippen molar-refractivity contribution >= 4 is 22.4 Å². The molecule has 36 heavy (non-hydrogen) atoms. The van der Waals surface area contributed by atoms with E-state index in [9.17, 15) is 0 Å². The maximum Gasteiger partial charge on any atom is 0.124 e. The van der Waals surface area contributed by atoms with Crippen LogP contribution in [-0.4, -0.2) is 45.1 Å². The highest BCUT2D eigenvalue weighted by molar-refractivity contribution is 5.82. The lowest BCUT2D eigenvalue weighted by molar-refractivity contribution is 0.394. The molecular formula is C28H30N6O2. The topological polar surface area (TPSA) is 70.2 Å². The van der Waals surface area contributed by atoms with E-state index in [1.54, 1.807) is 31.3 Å². The lowest BCUT2D eigenvalue weighted by atomic mass is 10.2. The summed E-state index contributed by atoms with van der Waals surface area (Å²) in [5, 5.41) is 4.27. The molecule has 8 heteroatoms. The minimum atomic E-state index is 0.738. The zero-order valence-corrected chi connectivity index (χ0v) is 21.3. The average Bonchev–Trinajstić information content (AvgIpc) is 3.48. The second kappa shape index (κ2) is 9.73. The zero-order chi connectivity index (χ0) is 25.2. The number of aromatic nitrogens is 5. The number of anilines is 2. The first-order valence-corrected chi connectivity index (χ1v) is 11.8. The summed E-state index contributed by atoms with van der Waals surface area (Å²) in [7, 11) is 5.23. The molecule has 0 saturated heterocycles. The van der Waals surface area contributed by atoms with Gasteiger partial charge in [0.2, 0.25) is 0 Å². The Labute approximate surface area is 210 Å². The van der Waals surface area contributed by atoms with Crippen molar-refractivity contribution in [2.45, 2.75) is 20.4 Å². The van der Waals surface area contributed by atoms with E-state index in [1.807, 2.05) is 37.5 Å². The molecule has 0 radical (unpaired) electrons. The number of ether oxygens (including phenoxy) is 2. The second-order valence-corrected chi connectivity index (χ2v) is 8.82. The first-order valence-electron chi connectivity index (χ1n) is 11.8. The van der Waals surface area contributed by atoms with Crippen molar-refractivity contribution in [3.05, 3.63) is 78.5 Å². The standard InChI is InChI=1S/C28H30N6O2/c1-19-6-7-20(2)33(19)10-11-34(23-12-24(35-4)15-25(13-23)36-5)22-8-9-26-27(14-22)31-28(17-29-26)21-16-30-32(3)18-21/h6-9,12-18H,10-11H2,1-5H3. The molecule has 0 saturated carbocycles. The molecule has 8 nitrogen and oxygen atoms in total. The van der Waals surface area contributed by atoms with Crippen LogP contribution in [0.5, 0.6) is 11.5 Å². The molecular weight excluding hydrogens is 452 g/mol. The Morgan fingerprint density at radius 3 is 2.19 bits per heavy atom. The fourth-order valence-electron chi connectivity index (χ4n) is 4.47. The van der Waals surface area contributed by atoms with Gasteiger partial charge in [-0.1, -0.05) is 0 Å². The molecule has 0 atom stereocenters. The van der Waals surface area contributed by atoms with E-state index in [2.05, 4.69) is 57.7 Å². The Bertz CT molecular complexity index is 1480. The van der Waals surface area contributed by atoms with Crippen molar-refractivity contribution in [2.24, 2.45) is 7.05 Å². The van der Waals surface area contributed by atoms with Crippen LogP contribution >= 0.6 is 0 Å². The largest absolute Gasteiger partial charge is 0.497 e. The highest BCUT2D eigenvalue weighted by Crippen LogP contribution is 2.34. The quantitative estimate of drug-likeness (QED) is 0.299. The number of benzene rings is 2. The monoisotopic (exact) mass is 482 g/mol. The maximum atomic E-state index is 5.57. The van der Waals surface area contributed by atoms with Crippen molar-refractivity contribution in [3.8, 4) is 22.8 Å². The van der Waals surface area contributed by atoms with Gasteiger partial charge in [-0.15, -0.1) is 0 Å². The molecule has 0 spiro atoms. The van der Waals surface area contributed by atoms with Crippen molar-refractivity contribution in [1.82, 2.24) is 24.3 Å². The number of hydrogen-bond donors (Lipinski definition) is 0. The molecule has 0 bridgehead atoms. The van der Waals surface area contributed by atoms with Crippen LogP contribution < -0.4 is 14.4 Å². The lowest BCUT2D eigenvalue weighted by Crippen LogP contribution is -2.23. The molecule has 0 N–H and O–H groups in total. The maximum absolute atomic E-state index is 5.57. The summed E-state index contributed by atoms with van der Waals surface area (Å²) in [6.45, 7) is 5.84. The van der Waals surface area contributed by atoms with Crippen molar-refractivity contribution in [2.75, 3.05) is 25.7 Å².